The number of alkyl halides is 1. The predicted molar refractivity (Wildman–Crippen MR) is 60.3 cm³/mol. The highest BCUT2D eigenvalue weighted by Crippen LogP contribution is 2.17. The summed E-state index contributed by atoms with van der Waals surface area (Å²) in [6.45, 7) is 0. The largest absolute Gasteiger partial charge is 0.217 e. The lowest BCUT2D eigenvalue weighted by Gasteiger charge is -2.02. The van der Waals surface area contributed by atoms with Crippen molar-refractivity contribution in [3.05, 3.63) is 41.5 Å². The number of aryl methyl sites for hydroxylation is 1. The van der Waals surface area contributed by atoms with E-state index in [1.54, 1.807) is 0 Å². The van der Waals surface area contributed by atoms with E-state index in [0.29, 0.717) is 30.5 Å². The maximum atomic E-state index is 13.5. The predicted octanol–water partition coefficient (Wildman–Crippen LogP) is 2.86. The first kappa shape index (κ1) is 12.9. The molecule has 0 fully saturated rings. The molecule has 3 nitrogen and oxygen atoms in total. The van der Waals surface area contributed by atoms with Crippen LogP contribution in [0, 0.1) is 17.5 Å². The molecule has 0 amide bonds. The van der Waals surface area contributed by atoms with Crippen molar-refractivity contribution in [2.45, 2.75) is 12.8 Å². The minimum Gasteiger partial charge on any atom is -0.217 e. The molecule has 0 aliphatic heterocycles. The Kier molecular flexibility index (Phi) is 3.86. The second-order valence-electron chi connectivity index (χ2n) is 3.66. The number of benzene rings is 1. The standard InChI is InChI=1S/C11H9ClF3N3/c12-3-1-2-7-6-18(17-16-7)11-5-9(14)8(13)4-10(11)15/h4-6H,1-3H2. The summed E-state index contributed by atoms with van der Waals surface area (Å²) in [5, 5.41) is 7.46. The molecule has 1 aromatic carbocycles. The molecule has 2 rings (SSSR count). The van der Waals surface area contributed by atoms with Crippen molar-refractivity contribution >= 4 is 11.6 Å². The van der Waals surface area contributed by atoms with Gasteiger partial charge in [0, 0.05) is 18.0 Å². The molecule has 0 saturated carbocycles. The van der Waals surface area contributed by atoms with Crippen LogP contribution in [0.15, 0.2) is 18.3 Å². The molecule has 0 aliphatic rings. The summed E-state index contributed by atoms with van der Waals surface area (Å²) in [4.78, 5) is 0. The molecule has 1 heterocycles. The van der Waals surface area contributed by atoms with Gasteiger partial charge in [-0.3, -0.25) is 0 Å². The van der Waals surface area contributed by atoms with E-state index in [1.165, 1.54) is 6.20 Å². The number of hydrogen-bond acceptors (Lipinski definition) is 2. The average molecular weight is 276 g/mol. The van der Waals surface area contributed by atoms with Gasteiger partial charge in [0.1, 0.15) is 5.69 Å². The van der Waals surface area contributed by atoms with Gasteiger partial charge in [0.2, 0.25) is 0 Å². The highest BCUT2D eigenvalue weighted by molar-refractivity contribution is 6.17. The Balaban J connectivity index is 2.31. The Morgan fingerprint density at radius 1 is 1.11 bits per heavy atom. The zero-order chi connectivity index (χ0) is 13.1. The van der Waals surface area contributed by atoms with Crippen molar-refractivity contribution in [2.24, 2.45) is 0 Å². The molecule has 0 atom stereocenters. The van der Waals surface area contributed by atoms with E-state index in [9.17, 15) is 13.2 Å². The molecule has 2 aromatic rings. The van der Waals surface area contributed by atoms with Gasteiger partial charge in [-0.15, -0.1) is 16.7 Å². The molecule has 1 aromatic heterocycles. The van der Waals surface area contributed by atoms with E-state index in [-0.39, 0.29) is 5.69 Å². The normalized spacial score (nSPS) is 10.9. The second kappa shape index (κ2) is 5.39. The van der Waals surface area contributed by atoms with Crippen LogP contribution in [0.25, 0.3) is 5.69 Å². The molecule has 0 saturated heterocycles. The van der Waals surface area contributed by atoms with Crippen molar-refractivity contribution in [1.29, 1.82) is 0 Å². The van der Waals surface area contributed by atoms with Crippen molar-refractivity contribution in [1.82, 2.24) is 15.0 Å². The van der Waals surface area contributed by atoms with Crippen molar-refractivity contribution in [3.8, 4) is 5.69 Å². The van der Waals surface area contributed by atoms with Gasteiger partial charge in [-0.05, 0) is 12.8 Å². The topological polar surface area (TPSA) is 30.7 Å². The fourth-order valence-electron chi connectivity index (χ4n) is 1.47. The Hall–Kier alpha value is -1.56. The van der Waals surface area contributed by atoms with E-state index >= 15 is 0 Å². The number of hydrogen-bond donors (Lipinski definition) is 0. The first-order valence-corrected chi connectivity index (χ1v) is 5.77. The van der Waals surface area contributed by atoms with E-state index in [1.807, 2.05) is 0 Å². The molecule has 18 heavy (non-hydrogen) atoms. The summed E-state index contributed by atoms with van der Waals surface area (Å²) in [5.41, 5.74) is 0.429. The van der Waals surface area contributed by atoms with Crippen molar-refractivity contribution in [2.75, 3.05) is 5.88 Å². The highest BCUT2D eigenvalue weighted by Gasteiger charge is 2.13. The zero-order valence-corrected chi connectivity index (χ0v) is 9.96. The van der Waals surface area contributed by atoms with E-state index < -0.39 is 17.5 Å². The molecule has 0 bridgehead atoms. The fraction of sp³-hybridized carbons (Fsp3) is 0.273. The van der Waals surface area contributed by atoms with Gasteiger partial charge >= 0.3 is 0 Å². The van der Waals surface area contributed by atoms with E-state index in [4.69, 9.17) is 11.6 Å². The Morgan fingerprint density at radius 2 is 1.83 bits per heavy atom. The van der Waals surface area contributed by atoms with Crippen LogP contribution in [-0.4, -0.2) is 20.9 Å². The molecule has 0 N–H and O–H groups in total. The fourth-order valence-corrected chi connectivity index (χ4v) is 1.60. The van der Waals surface area contributed by atoms with Crippen LogP contribution in [0.1, 0.15) is 12.1 Å². The van der Waals surface area contributed by atoms with Gasteiger partial charge in [-0.1, -0.05) is 5.21 Å². The third-order valence-electron chi connectivity index (χ3n) is 2.34. The SMILES string of the molecule is Fc1cc(F)c(-n2cc(CCCCl)nn2)cc1F. The van der Waals surface area contributed by atoms with Gasteiger partial charge < -0.3 is 0 Å². The average Bonchev–Trinajstić information content (AvgIpc) is 2.79. The van der Waals surface area contributed by atoms with Crippen LogP contribution >= 0.6 is 11.6 Å². The van der Waals surface area contributed by atoms with Crippen LogP contribution in [-0.2, 0) is 6.42 Å². The van der Waals surface area contributed by atoms with Crippen molar-refractivity contribution in [3.63, 3.8) is 0 Å². The lowest BCUT2D eigenvalue weighted by molar-refractivity contribution is 0.491. The van der Waals surface area contributed by atoms with Gasteiger partial charge in [0.05, 0.1) is 11.9 Å². The third kappa shape index (κ3) is 2.64. The van der Waals surface area contributed by atoms with Gasteiger partial charge in [0.15, 0.2) is 17.5 Å². The number of rotatable bonds is 4. The molecule has 0 spiro atoms. The summed E-state index contributed by atoms with van der Waals surface area (Å²) in [7, 11) is 0. The first-order chi connectivity index (χ1) is 8.61. The molecular weight excluding hydrogens is 267 g/mol. The minimum absolute atomic E-state index is 0.182. The third-order valence-corrected chi connectivity index (χ3v) is 2.61. The second-order valence-corrected chi connectivity index (χ2v) is 4.04. The maximum absolute atomic E-state index is 13.5. The molecule has 0 unspecified atom stereocenters. The Bertz CT molecular complexity index is 556. The number of halogens is 4. The molecule has 0 aliphatic carbocycles. The lowest BCUT2D eigenvalue weighted by Crippen LogP contribution is -2.01. The smallest absolute Gasteiger partial charge is 0.161 e. The molecule has 0 radical (unpaired) electrons. The van der Waals surface area contributed by atoms with Crippen LogP contribution in [0.2, 0.25) is 0 Å². The summed E-state index contributed by atoms with van der Waals surface area (Å²) in [5.74, 6) is -2.79. The number of aromatic nitrogens is 3. The zero-order valence-electron chi connectivity index (χ0n) is 9.21. The summed E-state index contributed by atoms with van der Waals surface area (Å²) in [6, 6.07) is 1.22. The molecular formula is C11H9ClF3N3. The summed E-state index contributed by atoms with van der Waals surface area (Å²) < 4.78 is 40.3. The van der Waals surface area contributed by atoms with Crippen LogP contribution in [0.4, 0.5) is 13.2 Å². The monoisotopic (exact) mass is 275 g/mol. The van der Waals surface area contributed by atoms with Gasteiger partial charge in [-0.2, -0.15) is 0 Å². The van der Waals surface area contributed by atoms with E-state index in [2.05, 4.69) is 10.3 Å². The summed E-state index contributed by atoms with van der Waals surface area (Å²) >= 11 is 5.53. The minimum atomic E-state index is -1.24. The van der Waals surface area contributed by atoms with E-state index in [0.717, 1.165) is 10.7 Å². The lowest BCUT2D eigenvalue weighted by atomic mass is 10.2. The van der Waals surface area contributed by atoms with Crippen molar-refractivity contribution < 1.29 is 13.2 Å². The molecule has 7 heteroatoms. The maximum Gasteiger partial charge on any atom is 0.161 e. The Labute approximate surface area is 106 Å². The summed E-state index contributed by atoms with van der Waals surface area (Å²) in [6.07, 6.45) is 2.76. The van der Waals surface area contributed by atoms with Crippen LogP contribution in [0.3, 0.4) is 0 Å². The van der Waals surface area contributed by atoms with Crippen LogP contribution < -0.4 is 0 Å². The highest BCUT2D eigenvalue weighted by atomic mass is 35.5. The van der Waals surface area contributed by atoms with Crippen LogP contribution in [0.5, 0.6) is 0 Å². The Morgan fingerprint density at radius 3 is 2.56 bits per heavy atom. The quantitative estimate of drug-likeness (QED) is 0.634. The van der Waals surface area contributed by atoms with Gasteiger partial charge in [-0.25, -0.2) is 17.9 Å². The first-order valence-electron chi connectivity index (χ1n) is 5.24. The molecule has 96 valence electrons. The number of nitrogens with zero attached hydrogens (tertiary/aromatic N) is 3. The van der Waals surface area contributed by atoms with Gasteiger partial charge in [0.25, 0.3) is 0 Å².